The van der Waals surface area contributed by atoms with E-state index in [0.29, 0.717) is 37.0 Å². The summed E-state index contributed by atoms with van der Waals surface area (Å²) in [7, 11) is 1.54. The molecular weight excluding hydrogens is 473 g/mol. The van der Waals surface area contributed by atoms with E-state index in [0.717, 1.165) is 6.07 Å². The number of halogens is 3. The average molecular weight is 499 g/mol. The molecule has 36 heavy (non-hydrogen) atoms. The number of anilines is 1. The average Bonchev–Trinajstić information content (AvgIpc) is 2.86. The summed E-state index contributed by atoms with van der Waals surface area (Å²) in [6.07, 6.45) is -1.12. The summed E-state index contributed by atoms with van der Waals surface area (Å²) in [6, 6.07) is 6.95. The molecule has 1 aliphatic rings. The molecule has 2 aromatic heterocycles. The molecule has 1 amide bonds. The molecule has 4 rings (SSSR count). The van der Waals surface area contributed by atoms with Gasteiger partial charge in [-0.3, -0.25) is 14.2 Å². The number of aromatic nitrogens is 3. The van der Waals surface area contributed by atoms with Gasteiger partial charge in [-0.05, 0) is 25.8 Å². The highest BCUT2D eigenvalue weighted by Gasteiger charge is 2.40. The number of hydrogen-bond acceptors (Lipinski definition) is 6. The Hall–Kier alpha value is -3.94. The monoisotopic (exact) mass is 498 g/mol. The normalized spacial score (nSPS) is 16.1. The highest BCUT2D eigenvalue weighted by molar-refractivity contribution is 5.87. The number of likely N-dealkylation sites (tertiary alicyclic amines) is 1. The third-order valence-electron chi connectivity index (χ3n) is 6.91. The molecule has 0 aliphatic carbocycles. The van der Waals surface area contributed by atoms with Crippen LogP contribution in [0.4, 0.5) is 19.0 Å². The van der Waals surface area contributed by atoms with E-state index in [-0.39, 0.29) is 28.4 Å². The van der Waals surface area contributed by atoms with Gasteiger partial charge >= 0.3 is 0 Å². The zero-order chi connectivity index (χ0) is 26.2. The van der Waals surface area contributed by atoms with Crippen LogP contribution >= 0.6 is 0 Å². The molecule has 11 heteroatoms. The highest BCUT2D eigenvalue weighted by Crippen LogP contribution is 2.36. The van der Waals surface area contributed by atoms with Gasteiger partial charge in [0.25, 0.3) is 12.0 Å². The molecule has 1 aromatic carbocycles. The molecule has 1 fully saturated rings. The van der Waals surface area contributed by atoms with Crippen LogP contribution in [0.1, 0.15) is 55.8 Å². The van der Waals surface area contributed by atoms with Crippen LogP contribution in [0, 0.1) is 17.1 Å². The Balaban J connectivity index is 1.78. The fourth-order valence-electron chi connectivity index (χ4n) is 4.73. The molecule has 3 heterocycles. The second-order valence-electron chi connectivity index (χ2n) is 9.00. The third-order valence-corrected chi connectivity index (χ3v) is 6.91. The minimum atomic E-state index is -2.95. The molecule has 0 bridgehead atoms. The standard InChI is InChI=1S/C25H25F3N6O2/c1-14(16-5-4-6-17(20(16)26)21(27)28)32-22-18-11-19(24(36)33(3)23(18)31-13-30-22)25(12-29)7-9-34(10-8-25)15(2)35/h4-6,11,13-14,21H,7-10H2,1-3H3,(H,30,31,32)/t14-/m1/s1. The largest absolute Gasteiger partial charge is 0.363 e. The second-order valence-corrected chi connectivity index (χ2v) is 9.00. The number of piperidine rings is 1. The van der Waals surface area contributed by atoms with Crippen LogP contribution in [0.5, 0.6) is 0 Å². The fraction of sp³-hybridized carbons (Fsp3) is 0.400. The predicted molar refractivity (Wildman–Crippen MR) is 127 cm³/mol. The van der Waals surface area contributed by atoms with Crippen molar-refractivity contribution in [1.29, 1.82) is 5.26 Å². The Morgan fingerprint density at radius 2 is 1.89 bits per heavy atom. The van der Waals surface area contributed by atoms with Crippen LogP contribution in [0.15, 0.2) is 35.4 Å². The van der Waals surface area contributed by atoms with E-state index in [1.165, 1.54) is 37.0 Å². The van der Waals surface area contributed by atoms with Gasteiger partial charge in [0, 0.05) is 38.2 Å². The molecular formula is C25H25F3N6O2. The summed E-state index contributed by atoms with van der Waals surface area (Å²) >= 11 is 0. The van der Waals surface area contributed by atoms with E-state index in [1.807, 2.05) is 0 Å². The minimum absolute atomic E-state index is 0.0368. The predicted octanol–water partition coefficient (Wildman–Crippen LogP) is 3.98. The number of aryl methyl sites for hydroxylation is 1. The zero-order valence-electron chi connectivity index (χ0n) is 20.1. The van der Waals surface area contributed by atoms with Gasteiger partial charge in [-0.15, -0.1) is 0 Å². The maximum atomic E-state index is 14.7. The van der Waals surface area contributed by atoms with Gasteiger partial charge in [0.05, 0.1) is 28.5 Å². The van der Waals surface area contributed by atoms with Crippen molar-refractivity contribution in [2.24, 2.45) is 7.05 Å². The molecule has 0 spiro atoms. The molecule has 1 N–H and O–H groups in total. The summed E-state index contributed by atoms with van der Waals surface area (Å²) in [5.41, 5.74) is -1.58. The smallest absolute Gasteiger partial charge is 0.266 e. The lowest BCUT2D eigenvalue weighted by Crippen LogP contribution is -2.46. The highest BCUT2D eigenvalue weighted by atomic mass is 19.3. The van der Waals surface area contributed by atoms with Gasteiger partial charge in [-0.2, -0.15) is 5.26 Å². The molecule has 1 atom stereocenters. The van der Waals surface area contributed by atoms with E-state index in [9.17, 15) is 28.0 Å². The van der Waals surface area contributed by atoms with Crippen LogP contribution in [0.25, 0.3) is 11.0 Å². The fourth-order valence-corrected chi connectivity index (χ4v) is 4.73. The Labute approximate surface area is 205 Å². The number of nitriles is 1. The number of nitrogens with zero attached hydrogens (tertiary/aromatic N) is 5. The lowest BCUT2D eigenvalue weighted by molar-refractivity contribution is -0.130. The van der Waals surface area contributed by atoms with E-state index in [2.05, 4.69) is 21.4 Å². The van der Waals surface area contributed by atoms with Crippen molar-refractivity contribution in [3.05, 3.63) is 63.5 Å². The van der Waals surface area contributed by atoms with Crippen molar-refractivity contribution >= 4 is 22.8 Å². The van der Waals surface area contributed by atoms with Crippen molar-refractivity contribution in [3.63, 3.8) is 0 Å². The summed E-state index contributed by atoms with van der Waals surface area (Å²) in [5, 5.41) is 13.6. The molecule has 0 radical (unpaired) electrons. The third kappa shape index (κ3) is 4.27. The summed E-state index contributed by atoms with van der Waals surface area (Å²) in [5.74, 6) is -0.829. The van der Waals surface area contributed by atoms with Gasteiger partial charge < -0.3 is 10.2 Å². The van der Waals surface area contributed by atoms with Gasteiger partial charge in [0.1, 0.15) is 23.6 Å². The lowest BCUT2D eigenvalue weighted by atomic mass is 9.74. The van der Waals surface area contributed by atoms with Crippen LogP contribution in [-0.4, -0.2) is 38.4 Å². The van der Waals surface area contributed by atoms with Crippen LogP contribution in [0.2, 0.25) is 0 Å². The van der Waals surface area contributed by atoms with Crippen LogP contribution in [-0.2, 0) is 17.3 Å². The van der Waals surface area contributed by atoms with Crippen molar-refractivity contribution in [2.45, 2.75) is 44.6 Å². The first kappa shape index (κ1) is 25.2. The first-order valence-electron chi connectivity index (χ1n) is 11.4. The van der Waals surface area contributed by atoms with Crippen molar-refractivity contribution in [2.75, 3.05) is 18.4 Å². The van der Waals surface area contributed by atoms with Gasteiger partial charge in [0.2, 0.25) is 5.91 Å². The molecule has 8 nitrogen and oxygen atoms in total. The van der Waals surface area contributed by atoms with E-state index in [1.54, 1.807) is 17.9 Å². The summed E-state index contributed by atoms with van der Waals surface area (Å²) in [6.45, 7) is 3.76. The van der Waals surface area contributed by atoms with Crippen molar-refractivity contribution < 1.29 is 18.0 Å². The number of nitrogens with one attached hydrogen (secondary N) is 1. The first-order chi connectivity index (χ1) is 17.1. The molecule has 1 aliphatic heterocycles. The summed E-state index contributed by atoms with van der Waals surface area (Å²) in [4.78, 5) is 35.2. The van der Waals surface area contributed by atoms with E-state index < -0.39 is 29.3 Å². The quantitative estimate of drug-likeness (QED) is 0.571. The number of alkyl halides is 2. The number of hydrogen-bond donors (Lipinski definition) is 1. The van der Waals surface area contributed by atoms with Gasteiger partial charge in [-0.25, -0.2) is 23.1 Å². The van der Waals surface area contributed by atoms with E-state index >= 15 is 0 Å². The minimum Gasteiger partial charge on any atom is -0.363 e. The number of carbonyl (C=O) groups is 1. The van der Waals surface area contributed by atoms with Gasteiger partial charge in [0.15, 0.2) is 0 Å². The molecule has 188 valence electrons. The maximum absolute atomic E-state index is 14.7. The van der Waals surface area contributed by atoms with Gasteiger partial charge in [-0.1, -0.05) is 18.2 Å². The maximum Gasteiger partial charge on any atom is 0.266 e. The number of rotatable bonds is 5. The number of amides is 1. The molecule has 0 unspecified atom stereocenters. The van der Waals surface area contributed by atoms with Crippen molar-refractivity contribution in [3.8, 4) is 6.07 Å². The Bertz CT molecular complexity index is 1420. The zero-order valence-corrected chi connectivity index (χ0v) is 20.1. The number of fused-ring (bicyclic) bond motifs is 1. The Morgan fingerprint density at radius 1 is 1.22 bits per heavy atom. The number of pyridine rings is 1. The molecule has 0 saturated carbocycles. The van der Waals surface area contributed by atoms with Crippen molar-refractivity contribution in [1.82, 2.24) is 19.4 Å². The van der Waals surface area contributed by atoms with Crippen LogP contribution in [0.3, 0.4) is 0 Å². The lowest BCUT2D eigenvalue weighted by Gasteiger charge is -2.37. The van der Waals surface area contributed by atoms with E-state index in [4.69, 9.17) is 0 Å². The number of carbonyl (C=O) groups excluding carboxylic acids is 1. The Kier molecular flexibility index (Phi) is 6.71. The topological polar surface area (TPSA) is 104 Å². The number of benzene rings is 1. The molecule has 1 saturated heterocycles. The SMILES string of the molecule is CC(=O)N1CCC(C#N)(c2cc3c(N[C@H](C)c4cccc(C(F)F)c4F)ncnc3n(C)c2=O)CC1. The second kappa shape index (κ2) is 9.60. The first-order valence-corrected chi connectivity index (χ1v) is 11.4. The van der Waals surface area contributed by atoms with Crippen LogP contribution < -0.4 is 10.9 Å². The summed E-state index contributed by atoms with van der Waals surface area (Å²) < 4.78 is 42.4. The Morgan fingerprint density at radius 3 is 2.50 bits per heavy atom. The molecule has 3 aromatic rings.